The van der Waals surface area contributed by atoms with E-state index < -0.39 is 0 Å². The predicted octanol–water partition coefficient (Wildman–Crippen LogP) is 1.79. The number of rotatable bonds is 2. The first-order valence-corrected chi connectivity index (χ1v) is 4.26. The maximum Gasteiger partial charge on any atom is 0.165 e. The standard InChI is InChI=1S/C10H11N3O/c1-13-7-10(6-12-13)14-9-4-2-3-8(11)5-9/h2-7H,11H2,1H3. The van der Waals surface area contributed by atoms with Crippen LogP contribution in [0.1, 0.15) is 0 Å². The number of benzene rings is 1. The summed E-state index contributed by atoms with van der Waals surface area (Å²) in [7, 11) is 1.84. The topological polar surface area (TPSA) is 53.1 Å². The van der Waals surface area contributed by atoms with Crippen LogP contribution in [-0.2, 0) is 7.05 Å². The largest absolute Gasteiger partial charge is 0.454 e. The summed E-state index contributed by atoms with van der Waals surface area (Å²) in [6.07, 6.45) is 3.45. The summed E-state index contributed by atoms with van der Waals surface area (Å²) in [5, 5.41) is 4.00. The Morgan fingerprint density at radius 2 is 2.21 bits per heavy atom. The molecule has 1 aromatic carbocycles. The lowest BCUT2D eigenvalue weighted by Gasteiger charge is -2.02. The first-order valence-electron chi connectivity index (χ1n) is 4.26. The Kier molecular flexibility index (Phi) is 2.10. The number of nitrogen functional groups attached to an aromatic ring is 1. The van der Waals surface area contributed by atoms with Crippen molar-refractivity contribution in [2.24, 2.45) is 7.05 Å². The van der Waals surface area contributed by atoms with Gasteiger partial charge in [-0.25, -0.2) is 0 Å². The molecule has 0 atom stereocenters. The molecule has 2 rings (SSSR count). The quantitative estimate of drug-likeness (QED) is 0.733. The molecule has 0 aliphatic rings. The molecule has 14 heavy (non-hydrogen) atoms. The van der Waals surface area contributed by atoms with E-state index in [1.165, 1.54) is 0 Å². The van der Waals surface area contributed by atoms with Crippen LogP contribution >= 0.6 is 0 Å². The Labute approximate surface area is 81.9 Å². The summed E-state index contributed by atoms with van der Waals surface area (Å²) in [5.41, 5.74) is 6.30. The highest BCUT2D eigenvalue weighted by atomic mass is 16.5. The van der Waals surface area contributed by atoms with Crippen LogP contribution in [0.15, 0.2) is 36.7 Å². The summed E-state index contributed by atoms with van der Waals surface area (Å²) >= 11 is 0. The minimum absolute atomic E-state index is 0.686. The third-order valence-electron chi connectivity index (χ3n) is 1.77. The Hall–Kier alpha value is -1.97. The van der Waals surface area contributed by atoms with Gasteiger partial charge in [-0.3, -0.25) is 4.68 Å². The summed E-state index contributed by atoms with van der Waals surface area (Å²) in [6.45, 7) is 0. The molecule has 1 heterocycles. The predicted molar refractivity (Wildman–Crippen MR) is 54.1 cm³/mol. The van der Waals surface area contributed by atoms with Gasteiger partial charge in [-0.2, -0.15) is 5.10 Å². The fourth-order valence-corrected chi connectivity index (χ4v) is 1.17. The average molecular weight is 189 g/mol. The lowest BCUT2D eigenvalue weighted by molar-refractivity contribution is 0.482. The van der Waals surface area contributed by atoms with Crippen LogP contribution in [0.5, 0.6) is 11.5 Å². The SMILES string of the molecule is Cn1cc(Oc2cccc(N)c2)cn1. The van der Waals surface area contributed by atoms with E-state index in [1.54, 1.807) is 23.1 Å². The number of nitrogens with zero attached hydrogens (tertiary/aromatic N) is 2. The smallest absolute Gasteiger partial charge is 0.165 e. The van der Waals surface area contributed by atoms with E-state index in [-0.39, 0.29) is 0 Å². The van der Waals surface area contributed by atoms with Gasteiger partial charge in [0.1, 0.15) is 5.75 Å². The van der Waals surface area contributed by atoms with Gasteiger partial charge in [0.05, 0.1) is 12.4 Å². The fourth-order valence-electron chi connectivity index (χ4n) is 1.17. The maximum absolute atomic E-state index is 5.62. The van der Waals surface area contributed by atoms with Crippen LogP contribution in [-0.4, -0.2) is 9.78 Å². The summed E-state index contributed by atoms with van der Waals surface area (Å²) in [4.78, 5) is 0. The average Bonchev–Trinajstić information content (AvgIpc) is 2.51. The molecule has 2 N–H and O–H groups in total. The van der Waals surface area contributed by atoms with E-state index >= 15 is 0 Å². The zero-order valence-corrected chi connectivity index (χ0v) is 7.84. The zero-order chi connectivity index (χ0) is 9.97. The Morgan fingerprint density at radius 1 is 1.36 bits per heavy atom. The Morgan fingerprint density at radius 3 is 2.86 bits per heavy atom. The van der Waals surface area contributed by atoms with Crippen molar-refractivity contribution in [3.63, 3.8) is 0 Å². The number of aromatic nitrogens is 2. The highest BCUT2D eigenvalue weighted by Gasteiger charge is 1.99. The molecule has 72 valence electrons. The first-order chi connectivity index (χ1) is 6.74. The van der Waals surface area contributed by atoms with Crippen molar-refractivity contribution in [2.45, 2.75) is 0 Å². The van der Waals surface area contributed by atoms with Gasteiger partial charge in [-0.15, -0.1) is 0 Å². The van der Waals surface area contributed by atoms with Crippen molar-refractivity contribution in [1.29, 1.82) is 0 Å². The summed E-state index contributed by atoms with van der Waals surface area (Å²) in [5.74, 6) is 1.43. The highest BCUT2D eigenvalue weighted by molar-refractivity contribution is 5.44. The minimum Gasteiger partial charge on any atom is -0.454 e. The van der Waals surface area contributed by atoms with Crippen molar-refractivity contribution < 1.29 is 4.74 Å². The van der Waals surface area contributed by atoms with Gasteiger partial charge in [0.25, 0.3) is 0 Å². The van der Waals surface area contributed by atoms with Crippen LogP contribution < -0.4 is 10.5 Å². The molecule has 0 aliphatic heterocycles. The molecule has 0 unspecified atom stereocenters. The van der Waals surface area contributed by atoms with Gasteiger partial charge in [-0.05, 0) is 12.1 Å². The Balaban J connectivity index is 2.18. The molecule has 0 amide bonds. The van der Waals surface area contributed by atoms with Crippen molar-refractivity contribution >= 4 is 5.69 Å². The number of ether oxygens (including phenoxy) is 1. The number of hydrogen-bond acceptors (Lipinski definition) is 3. The molecule has 4 nitrogen and oxygen atoms in total. The molecule has 0 spiro atoms. The number of nitrogens with two attached hydrogens (primary N) is 1. The molecule has 0 fully saturated rings. The third-order valence-corrected chi connectivity index (χ3v) is 1.77. The molecule has 2 aromatic rings. The lowest BCUT2D eigenvalue weighted by atomic mass is 10.3. The zero-order valence-electron chi connectivity index (χ0n) is 7.84. The molecule has 0 radical (unpaired) electrons. The summed E-state index contributed by atoms with van der Waals surface area (Å²) in [6, 6.07) is 7.29. The second-order valence-electron chi connectivity index (χ2n) is 3.02. The van der Waals surface area contributed by atoms with E-state index in [4.69, 9.17) is 10.5 Å². The number of anilines is 1. The lowest BCUT2D eigenvalue weighted by Crippen LogP contribution is -1.87. The molecule has 0 saturated heterocycles. The highest BCUT2D eigenvalue weighted by Crippen LogP contribution is 2.21. The van der Waals surface area contributed by atoms with Crippen LogP contribution in [0.25, 0.3) is 0 Å². The van der Waals surface area contributed by atoms with Gasteiger partial charge in [-0.1, -0.05) is 6.07 Å². The van der Waals surface area contributed by atoms with Crippen molar-refractivity contribution in [3.8, 4) is 11.5 Å². The van der Waals surface area contributed by atoms with Gasteiger partial charge in [0, 0.05) is 18.8 Å². The normalized spacial score (nSPS) is 10.1. The second kappa shape index (κ2) is 3.41. The van der Waals surface area contributed by atoms with E-state index in [2.05, 4.69) is 5.10 Å². The third kappa shape index (κ3) is 1.85. The first kappa shape index (κ1) is 8.62. The second-order valence-corrected chi connectivity index (χ2v) is 3.02. The maximum atomic E-state index is 5.62. The molecule has 1 aromatic heterocycles. The van der Waals surface area contributed by atoms with Crippen LogP contribution in [0.3, 0.4) is 0 Å². The van der Waals surface area contributed by atoms with Crippen LogP contribution in [0.4, 0.5) is 5.69 Å². The van der Waals surface area contributed by atoms with Crippen LogP contribution in [0.2, 0.25) is 0 Å². The fraction of sp³-hybridized carbons (Fsp3) is 0.100. The van der Waals surface area contributed by atoms with E-state index in [9.17, 15) is 0 Å². The molecule has 0 bridgehead atoms. The minimum atomic E-state index is 0.686. The summed E-state index contributed by atoms with van der Waals surface area (Å²) < 4.78 is 7.20. The number of aryl methyl sites for hydroxylation is 1. The van der Waals surface area contributed by atoms with E-state index in [0.717, 1.165) is 5.75 Å². The Bertz CT molecular complexity index is 436. The van der Waals surface area contributed by atoms with Gasteiger partial charge < -0.3 is 10.5 Å². The molecule has 0 aliphatic carbocycles. The number of hydrogen-bond donors (Lipinski definition) is 1. The molecule has 4 heteroatoms. The van der Waals surface area contributed by atoms with E-state index in [1.807, 2.05) is 25.2 Å². The van der Waals surface area contributed by atoms with Crippen molar-refractivity contribution in [2.75, 3.05) is 5.73 Å². The van der Waals surface area contributed by atoms with Crippen molar-refractivity contribution in [1.82, 2.24) is 9.78 Å². The van der Waals surface area contributed by atoms with Gasteiger partial charge >= 0.3 is 0 Å². The van der Waals surface area contributed by atoms with Gasteiger partial charge in [0.2, 0.25) is 0 Å². The van der Waals surface area contributed by atoms with Gasteiger partial charge in [0.15, 0.2) is 5.75 Å². The molecular weight excluding hydrogens is 178 g/mol. The van der Waals surface area contributed by atoms with Crippen LogP contribution in [0, 0.1) is 0 Å². The molecule has 0 saturated carbocycles. The monoisotopic (exact) mass is 189 g/mol. The van der Waals surface area contributed by atoms with E-state index in [0.29, 0.717) is 11.4 Å². The van der Waals surface area contributed by atoms with Crippen molar-refractivity contribution in [3.05, 3.63) is 36.7 Å². The molecular formula is C10H11N3O.